The van der Waals surface area contributed by atoms with Gasteiger partial charge in [0.1, 0.15) is 12.1 Å². The summed E-state index contributed by atoms with van der Waals surface area (Å²) >= 11 is 0. The summed E-state index contributed by atoms with van der Waals surface area (Å²) in [5, 5.41) is 6.67. The Morgan fingerprint density at radius 1 is 1.12 bits per heavy atom. The molecular formula is C20H24N6. The first-order valence-electron chi connectivity index (χ1n) is 8.75. The number of imidazole rings is 1. The molecule has 3 rings (SSSR count). The molecule has 0 aliphatic heterocycles. The predicted octanol–water partition coefficient (Wildman–Crippen LogP) is 2.83. The lowest BCUT2D eigenvalue weighted by molar-refractivity contribution is 0.813. The Hall–Kier alpha value is -3.15. The Morgan fingerprint density at radius 2 is 2.04 bits per heavy atom. The summed E-state index contributed by atoms with van der Waals surface area (Å²) < 4.78 is 1.89. The summed E-state index contributed by atoms with van der Waals surface area (Å²) in [4.78, 5) is 13.1. The van der Waals surface area contributed by atoms with Gasteiger partial charge in [0.25, 0.3) is 0 Å². The first-order chi connectivity index (χ1) is 12.7. The zero-order valence-electron chi connectivity index (χ0n) is 15.2. The number of pyridine rings is 1. The predicted molar refractivity (Wildman–Crippen MR) is 104 cm³/mol. The Bertz CT molecular complexity index is 854. The number of aryl methyl sites for hydroxylation is 1. The minimum absolute atomic E-state index is 0.646. The molecule has 6 heteroatoms. The second-order valence-electron chi connectivity index (χ2n) is 6.03. The number of aromatic nitrogens is 3. The van der Waals surface area contributed by atoms with Crippen molar-refractivity contribution in [1.29, 1.82) is 0 Å². The number of benzene rings is 1. The van der Waals surface area contributed by atoms with Gasteiger partial charge in [-0.15, -0.1) is 0 Å². The highest BCUT2D eigenvalue weighted by Crippen LogP contribution is 2.07. The molecule has 0 aliphatic carbocycles. The van der Waals surface area contributed by atoms with Crippen LogP contribution in [0.15, 0.2) is 66.3 Å². The van der Waals surface area contributed by atoms with Crippen LogP contribution in [0.5, 0.6) is 0 Å². The van der Waals surface area contributed by atoms with Gasteiger partial charge < -0.3 is 10.6 Å². The van der Waals surface area contributed by atoms with Gasteiger partial charge in [-0.25, -0.2) is 15.0 Å². The minimum atomic E-state index is 0.646. The van der Waals surface area contributed by atoms with Crippen molar-refractivity contribution in [3.05, 3.63) is 78.0 Å². The van der Waals surface area contributed by atoms with E-state index in [0.717, 1.165) is 23.9 Å². The first kappa shape index (κ1) is 17.7. The number of aliphatic imine (C=N–C) groups is 1. The van der Waals surface area contributed by atoms with E-state index >= 15 is 0 Å². The largest absolute Gasteiger partial charge is 0.357 e. The summed E-state index contributed by atoms with van der Waals surface area (Å²) in [6.07, 6.45) is 7.18. The van der Waals surface area contributed by atoms with Crippen LogP contribution in [0, 0.1) is 6.92 Å². The fourth-order valence-corrected chi connectivity index (χ4v) is 2.61. The number of nitrogens with zero attached hydrogens (tertiary/aromatic N) is 4. The second kappa shape index (κ2) is 8.80. The van der Waals surface area contributed by atoms with Crippen molar-refractivity contribution < 1.29 is 0 Å². The van der Waals surface area contributed by atoms with Crippen LogP contribution in [0.1, 0.15) is 23.6 Å². The molecule has 0 radical (unpaired) electrons. The molecule has 0 spiro atoms. The number of hydrogen-bond donors (Lipinski definition) is 2. The summed E-state index contributed by atoms with van der Waals surface area (Å²) in [7, 11) is 0. The molecule has 2 heterocycles. The van der Waals surface area contributed by atoms with Crippen LogP contribution in [0.2, 0.25) is 0 Å². The maximum Gasteiger partial charge on any atom is 0.191 e. The first-order valence-corrected chi connectivity index (χ1v) is 8.75. The zero-order valence-corrected chi connectivity index (χ0v) is 15.2. The second-order valence-corrected chi connectivity index (χ2v) is 6.03. The van der Waals surface area contributed by atoms with Crippen molar-refractivity contribution in [2.24, 2.45) is 4.99 Å². The lowest BCUT2D eigenvalue weighted by Crippen LogP contribution is -2.36. The van der Waals surface area contributed by atoms with Crippen molar-refractivity contribution in [2.45, 2.75) is 26.9 Å². The van der Waals surface area contributed by atoms with Gasteiger partial charge in [0.2, 0.25) is 0 Å². The maximum absolute atomic E-state index is 4.68. The molecule has 134 valence electrons. The third kappa shape index (κ3) is 4.92. The highest BCUT2D eigenvalue weighted by molar-refractivity contribution is 5.79. The molecule has 2 N–H and O–H groups in total. The zero-order chi connectivity index (χ0) is 18.2. The quantitative estimate of drug-likeness (QED) is 0.531. The third-order valence-electron chi connectivity index (χ3n) is 3.89. The van der Waals surface area contributed by atoms with E-state index in [2.05, 4.69) is 63.7 Å². The molecule has 0 fully saturated rings. The van der Waals surface area contributed by atoms with Gasteiger partial charge in [-0.3, -0.25) is 4.57 Å². The Balaban J connectivity index is 1.65. The maximum atomic E-state index is 4.68. The van der Waals surface area contributed by atoms with Gasteiger partial charge in [0, 0.05) is 31.7 Å². The molecule has 0 aliphatic rings. The number of nitrogens with one attached hydrogen (secondary N) is 2. The molecule has 0 bridgehead atoms. The lowest BCUT2D eigenvalue weighted by Gasteiger charge is -2.12. The van der Waals surface area contributed by atoms with Crippen LogP contribution >= 0.6 is 0 Å². The van der Waals surface area contributed by atoms with E-state index in [1.807, 2.05) is 29.1 Å². The molecule has 3 aromatic rings. The molecule has 0 unspecified atom stereocenters. The number of hydrogen-bond acceptors (Lipinski definition) is 3. The highest BCUT2D eigenvalue weighted by Gasteiger charge is 2.02. The fraction of sp³-hybridized carbons (Fsp3) is 0.250. The van der Waals surface area contributed by atoms with Gasteiger partial charge in [0.15, 0.2) is 5.96 Å². The van der Waals surface area contributed by atoms with Gasteiger partial charge >= 0.3 is 0 Å². The molecular weight excluding hydrogens is 324 g/mol. The Labute approximate surface area is 154 Å². The SMILES string of the molecule is CCNC(=NCc1cccc(C)c1)NCc1ccnc(-n2ccnc2)c1. The van der Waals surface area contributed by atoms with Crippen molar-refractivity contribution in [1.82, 2.24) is 25.2 Å². The molecule has 0 saturated heterocycles. The summed E-state index contributed by atoms with van der Waals surface area (Å²) in [6.45, 7) is 6.29. The van der Waals surface area contributed by atoms with Crippen molar-refractivity contribution >= 4 is 5.96 Å². The van der Waals surface area contributed by atoms with Crippen molar-refractivity contribution in [2.75, 3.05) is 6.54 Å². The molecule has 2 aromatic heterocycles. The van der Waals surface area contributed by atoms with E-state index < -0.39 is 0 Å². The fourth-order valence-electron chi connectivity index (χ4n) is 2.61. The van der Waals surface area contributed by atoms with E-state index in [9.17, 15) is 0 Å². The summed E-state index contributed by atoms with van der Waals surface area (Å²) in [5.41, 5.74) is 3.58. The topological polar surface area (TPSA) is 67.1 Å². The van der Waals surface area contributed by atoms with Crippen LogP contribution in [0.25, 0.3) is 5.82 Å². The van der Waals surface area contributed by atoms with E-state index in [0.29, 0.717) is 13.1 Å². The molecule has 6 nitrogen and oxygen atoms in total. The van der Waals surface area contributed by atoms with Gasteiger partial charge in [-0.1, -0.05) is 29.8 Å². The normalized spacial score (nSPS) is 11.4. The van der Waals surface area contributed by atoms with E-state index in [1.54, 1.807) is 12.5 Å². The van der Waals surface area contributed by atoms with Crippen LogP contribution in [0.3, 0.4) is 0 Å². The molecule has 26 heavy (non-hydrogen) atoms. The van der Waals surface area contributed by atoms with E-state index in [1.165, 1.54) is 11.1 Å². The molecule has 0 atom stereocenters. The summed E-state index contributed by atoms with van der Waals surface area (Å²) in [5.74, 6) is 1.65. The third-order valence-corrected chi connectivity index (χ3v) is 3.89. The van der Waals surface area contributed by atoms with Crippen molar-refractivity contribution in [3.8, 4) is 5.82 Å². The van der Waals surface area contributed by atoms with E-state index in [4.69, 9.17) is 0 Å². The number of rotatable bonds is 6. The highest BCUT2D eigenvalue weighted by atomic mass is 15.2. The molecule has 0 amide bonds. The summed E-state index contributed by atoms with van der Waals surface area (Å²) in [6, 6.07) is 12.5. The molecule has 0 saturated carbocycles. The van der Waals surface area contributed by atoms with Crippen LogP contribution in [-0.2, 0) is 13.1 Å². The number of guanidine groups is 1. The van der Waals surface area contributed by atoms with E-state index in [-0.39, 0.29) is 0 Å². The Kier molecular flexibility index (Phi) is 5.98. The smallest absolute Gasteiger partial charge is 0.191 e. The van der Waals surface area contributed by atoms with Crippen molar-refractivity contribution in [3.63, 3.8) is 0 Å². The monoisotopic (exact) mass is 348 g/mol. The minimum Gasteiger partial charge on any atom is -0.357 e. The van der Waals surface area contributed by atoms with Gasteiger partial charge in [0.05, 0.1) is 6.54 Å². The van der Waals surface area contributed by atoms with Crippen LogP contribution < -0.4 is 10.6 Å². The van der Waals surface area contributed by atoms with Gasteiger partial charge in [-0.05, 0) is 37.1 Å². The van der Waals surface area contributed by atoms with Crippen LogP contribution in [0.4, 0.5) is 0 Å². The lowest BCUT2D eigenvalue weighted by atomic mass is 10.1. The molecule has 1 aromatic carbocycles. The standard InChI is InChI=1S/C20H24N6/c1-3-22-20(24-13-17-6-4-5-16(2)11-17)25-14-18-7-8-23-19(12-18)26-10-9-21-15-26/h4-12,15H,3,13-14H2,1-2H3,(H2,22,24,25). The average Bonchev–Trinajstić information content (AvgIpc) is 3.19. The van der Waals surface area contributed by atoms with Crippen LogP contribution in [-0.4, -0.2) is 27.0 Å². The Morgan fingerprint density at radius 3 is 2.81 bits per heavy atom. The average molecular weight is 348 g/mol. The van der Waals surface area contributed by atoms with Gasteiger partial charge in [-0.2, -0.15) is 0 Å².